The molecule has 50 heavy (non-hydrogen) atoms. The van der Waals surface area contributed by atoms with Gasteiger partial charge in [0.05, 0.1) is 5.69 Å². The van der Waals surface area contributed by atoms with Crippen LogP contribution in [0.4, 0.5) is 17.1 Å². The predicted octanol–water partition coefficient (Wildman–Crippen LogP) is 13.7. The first-order valence-electron chi connectivity index (χ1n) is 17.0. The van der Waals surface area contributed by atoms with Crippen LogP contribution in [0.2, 0.25) is 0 Å². The number of hydrogen-bond acceptors (Lipinski definition) is 2. The van der Waals surface area contributed by atoms with Gasteiger partial charge in [0, 0.05) is 27.7 Å². The number of nitrogens with zero attached hydrogens (tertiary/aromatic N) is 1. The van der Waals surface area contributed by atoms with Gasteiger partial charge >= 0.3 is 0 Å². The zero-order chi connectivity index (χ0) is 33.3. The van der Waals surface area contributed by atoms with Gasteiger partial charge in [-0.3, -0.25) is 0 Å². The summed E-state index contributed by atoms with van der Waals surface area (Å²) in [5.74, 6) is 0.884. The Kier molecular flexibility index (Phi) is 7.53. The lowest BCUT2D eigenvalue weighted by molar-refractivity contribution is 0.631. The van der Waals surface area contributed by atoms with E-state index in [4.69, 9.17) is 4.42 Å². The van der Waals surface area contributed by atoms with E-state index in [1.165, 1.54) is 38.6 Å². The molecule has 9 rings (SSSR count). The third-order valence-corrected chi connectivity index (χ3v) is 9.49. The van der Waals surface area contributed by atoms with Gasteiger partial charge in [-0.25, -0.2) is 0 Å². The fourth-order valence-corrected chi connectivity index (χ4v) is 6.90. The first-order chi connectivity index (χ1) is 24.8. The molecule has 0 atom stereocenters. The summed E-state index contributed by atoms with van der Waals surface area (Å²) in [5, 5.41) is 3.55. The van der Waals surface area contributed by atoms with E-state index in [0.717, 1.165) is 44.9 Å². The van der Waals surface area contributed by atoms with E-state index in [-0.39, 0.29) is 0 Å². The first kappa shape index (κ1) is 29.5. The topological polar surface area (TPSA) is 16.4 Å². The van der Waals surface area contributed by atoms with Crippen LogP contribution in [0.3, 0.4) is 0 Å². The maximum absolute atomic E-state index is 6.15. The summed E-state index contributed by atoms with van der Waals surface area (Å²) in [5.41, 5.74) is 12.5. The molecule has 2 heteroatoms. The van der Waals surface area contributed by atoms with Gasteiger partial charge < -0.3 is 9.32 Å². The molecule has 0 aliphatic heterocycles. The lowest BCUT2D eigenvalue weighted by Gasteiger charge is -2.27. The van der Waals surface area contributed by atoms with Gasteiger partial charge in [0.25, 0.3) is 0 Å². The second kappa shape index (κ2) is 12.8. The van der Waals surface area contributed by atoms with Gasteiger partial charge in [-0.2, -0.15) is 0 Å². The Labute approximate surface area is 292 Å². The molecule has 0 fully saturated rings. The molecule has 2 nitrogen and oxygen atoms in total. The van der Waals surface area contributed by atoms with E-state index in [2.05, 4.69) is 187 Å². The zero-order valence-corrected chi connectivity index (χ0v) is 27.4. The standard InChI is InChI=1S/C48H33NO/c1-2-10-34(11-3-1)36-24-28-43(29-25-36)49(46-18-9-14-39-12-4-6-17-45(39)46)44-30-26-37(27-31-44)35-20-22-38(23-21-35)40-15-8-16-41(32-40)48-33-42-13-5-7-19-47(42)50-48/h1-33H. The highest BCUT2D eigenvalue weighted by atomic mass is 16.3. The fraction of sp³-hybridized carbons (Fsp3) is 0. The normalized spacial score (nSPS) is 11.2. The second-order valence-electron chi connectivity index (χ2n) is 12.6. The summed E-state index contributed by atoms with van der Waals surface area (Å²) >= 11 is 0. The average Bonchev–Trinajstić information content (AvgIpc) is 3.64. The molecule has 1 aromatic heterocycles. The SMILES string of the molecule is c1ccc(-c2ccc(N(c3ccc(-c4ccc(-c5cccc(-c6cc7ccccc7o6)c5)cc4)cc3)c3cccc4ccccc34)cc2)cc1. The monoisotopic (exact) mass is 639 g/mol. The van der Waals surface area contributed by atoms with Gasteiger partial charge in [0.15, 0.2) is 0 Å². The molecular weight excluding hydrogens is 607 g/mol. The molecule has 0 N–H and O–H groups in total. The van der Waals surface area contributed by atoms with Crippen molar-refractivity contribution in [2.75, 3.05) is 4.90 Å². The average molecular weight is 640 g/mol. The van der Waals surface area contributed by atoms with E-state index < -0.39 is 0 Å². The number of fused-ring (bicyclic) bond motifs is 2. The van der Waals surface area contributed by atoms with Crippen molar-refractivity contribution in [2.24, 2.45) is 0 Å². The maximum atomic E-state index is 6.15. The Balaban J connectivity index is 1.03. The third-order valence-electron chi connectivity index (χ3n) is 9.49. The lowest BCUT2D eigenvalue weighted by Crippen LogP contribution is -2.10. The van der Waals surface area contributed by atoms with Crippen molar-refractivity contribution in [3.63, 3.8) is 0 Å². The molecule has 0 saturated carbocycles. The summed E-state index contributed by atoms with van der Waals surface area (Å²) in [7, 11) is 0. The number of benzene rings is 8. The van der Waals surface area contributed by atoms with E-state index in [9.17, 15) is 0 Å². The number of anilines is 3. The van der Waals surface area contributed by atoms with Crippen LogP contribution in [-0.4, -0.2) is 0 Å². The number of hydrogen-bond donors (Lipinski definition) is 0. The van der Waals surface area contributed by atoms with Crippen LogP contribution in [0.15, 0.2) is 205 Å². The Morgan fingerprint density at radius 3 is 1.48 bits per heavy atom. The molecule has 0 bridgehead atoms. The van der Waals surface area contributed by atoms with Crippen molar-refractivity contribution >= 4 is 38.8 Å². The summed E-state index contributed by atoms with van der Waals surface area (Å²) in [6.45, 7) is 0. The second-order valence-corrected chi connectivity index (χ2v) is 12.6. The summed E-state index contributed by atoms with van der Waals surface area (Å²) in [6.07, 6.45) is 0. The van der Waals surface area contributed by atoms with Gasteiger partial charge in [-0.05, 0) is 87.3 Å². The van der Waals surface area contributed by atoms with Gasteiger partial charge in [0.2, 0.25) is 0 Å². The summed E-state index contributed by atoms with van der Waals surface area (Å²) < 4.78 is 6.15. The Morgan fingerprint density at radius 1 is 0.320 bits per heavy atom. The number of para-hydroxylation sites is 1. The molecule has 0 aliphatic carbocycles. The molecule has 1 heterocycles. The molecule has 0 aliphatic rings. The molecule has 0 unspecified atom stereocenters. The molecule has 9 aromatic rings. The van der Waals surface area contributed by atoms with E-state index in [0.29, 0.717) is 0 Å². The van der Waals surface area contributed by atoms with Crippen LogP contribution < -0.4 is 4.90 Å². The smallest absolute Gasteiger partial charge is 0.135 e. The highest BCUT2D eigenvalue weighted by molar-refractivity contribution is 5.99. The largest absolute Gasteiger partial charge is 0.456 e. The zero-order valence-electron chi connectivity index (χ0n) is 27.4. The van der Waals surface area contributed by atoms with Crippen molar-refractivity contribution < 1.29 is 4.42 Å². The van der Waals surface area contributed by atoms with Gasteiger partial charge in [-0.15, -0.1) is 0 Å². The molecule has 236 valence electrons. The Morgan fingerprint density at radius 2 is 0.800 bits per heavy atom. The van der Waals surface area contributed by atoms with Crippen LogP contribution >= 0.6 is 0 Å². The van der Waals surface area contributed by atoms with E-state index in [1.54, 1.807) is 0 Å². The summed E-state index contributed by atoms with van der Waals surface area (Å²) in [6, 6.07) is 71.1. The molecule has 0 radical (unpaired) electrons. The maximum Gasteiger partial charge on any atom is 0.135 e. The van der Waals surface area contributed by atoms with Crippen molar-refractivity contribution in [1.29, 1.82) is 0 Å². The minimum atomic E-state index is 0.884. The first-order valence-corrected chi connectivity index (χ1v) is 17.0. The lowest BCUT2D eigenvalue weighted by atomic mass is 9.98. The Bertz CT molecular complexity index is 2530. The van der Waals surface area contributed by atoms with Crippen LogP contribution in [0.5, 0.6) is 0 Å². The van der Waals surface area contributed by atoms with Crippen LogP contribution in [-0.2, 0) is 0 Å². The molecule has 0 amide bonds. The molecular formula is C48H33NO. The third kappa shape index (κ3) is 5.63. The van der Waals surface area contributed by atoms with Crippen molar-refractivity contribution in [1.82, 2.24) is 0 Å². The van der Waals surface area contributed by atoms with Crippen molar-refractivity contribution in [3.05, 3.63) is 200 Å². The number of furan rings is 1. The molecule has 8 aromatic carbocycles. The van der Waals surface area contributed by atoms with E-state index >= 15 is 0 Å². The van der Waals surface area contributed by atoms with Crippen LogP contribution in [0.1, 0.15) is 0 Å². The summed E-state index contributed by atoms with van der Waals surface area (Å²) in [4.78, 5) is 2.36. The molecule has 0 saturated heterocycles. The Hall–Kier alpha value is -6.64. The van der Waals surface area contributed by atoms with Gasteiger partial charge in [0.1, 0.15) is 11.3 Å². The highest BCUT2D eigenvalue weighted by Gasteiger charge is 2.16. The van der Waals surface area contributed by atoms with Crippen molar-refractivity contribution in [3.8, 4) is 44.7 Å². The van der Waals surface area contributed by atoms with Gasteiger partial charge in [-0.1, -0.05) is 152 Å². The molecule has 0 spiro atoms. The number of rotatable bonds is 7. The fourth-order valence-electron chi connectivity index (χ4n) is 6.90. The van der Waals surface area contributed by atoms with Crippen molar-refractivity contribution in [2.45, 2.75) is 0 Å². The van der Waals surface area contributed by atoms with Crippen LogP contribution in [0, 0.1) is 0 Å². The van der Waals surface area contributed by atoms with Crippen LogP contribution in [0.25, 0.3) is 66.4 Å². The van der Waals surface area contributed by atoms with E-state index in [1.807, 2.05) is 18.2 Å². The quantitative estimate of drug-likeness (QED) is 0.173. The minimum Gasteiger partial charge on any atom is -0.456 e. The minimum absolute atomic E-state index is 0.884. The predicted molar refractivity (Wildman–Crippen MR) is 210 cm³/mol. The highest BCUT2D eigenvalue weighted by Crippen LogP contribution is 2.40.